The molecule has 0 spiro atoms. The summed E-state index contributed by atoms with van der Waals surface area (Å²) in [5.41, 5.74) is 3.11. The molecule has 0 unspecified atom stereocenters. The van der Waals surface area contributed by atoms with E-state index in [0.29, 0.717) is 24.4 Å². The zero-order valence-corrected chi connectivity index (χ0v) is 12.4. The third-order valence-electron chi connectivity index (χ3n) is 3.09. The molecule has 0 saturated carbocycles. The van der Waals surface area contributed by atoms with Crippen molar-refractivity contribution < 1.29 is 9.18 Å². The van der Waals surface area contributed by atoms with Crippen molar-refractivity contribution >= 4 is 17.8 Å². The maximum atomic E-state index is 13.5. The Kier molecular flexibility index (Phi) is 4.62. The third kappa shape index (κ3) is 3.84. The molecule has 0 aliphatic heterocycles. The van der Waals surface area contributed by atoms with Gasteiger partial charge >= 0.3 is 0 Å². The average Bonchev–Trinajstić information content (AvgIpc) is 2.39. The highest BCUT2D eigenvalue weighted by atomic mass is 19.1. The van der Waals surface area contributed by atoms with Gasteiger partial charge in [-0.1, -0.05) is 6.08 Å². The van der Waals surface area contributed by atoms with E-state index in [4.69, 9.17) is 0 Å². The highest BCUT2D eigenvalue weighted by Gasteiger charge is 2.15. The van der Waals surface area contributed by atoms with Gasteiger partial charge in [-0.3, -0.25) is 4.79 Å². The minimum Gasteiger partial charge on any atom is -0.309 e. The van der Waals surface area contributed by atoms with E-state index in [-0.39, 0.29) is 11.7 Å². The van der Waals surface area contributed by atoms with Crippen LogP contribution in [-0.4, -0.2) is 15.9 Å². The predicted molar refractivity (Wildman–Crippen MR) is 81.4 cm³/mol. The van der Waals surface area contributed by atoms with Crippen molar-refractivity contribution in [2.45, 2.75) is 33.6 Å². The number of carbonyl (C=O) groups excluding carboxylic acids is 1. The highest BCUT2D eigenvalue weighted by molar-refractivity contribution is 5.88. The molecule has 21 heavy (non-hydrogen) atoms. The average molecular weight is 287 g/mol. The van der Waals surface area contributed by atoms with Crippen LogP contribution in [0.4, 0.5) is 10.2 Å². The van der Waals surface area contributed by atoms with Gasteiger partial charge in [-0.05, 0) is 50.5 Å². The molecule has 1 aromatic rings. The fourth-order valence-electron chi connectivity index (χ4n) is 2.16. The first-order valence-electron chi connectivity index (χ1n) is 6.85. The van der Waals surface area contributed by atoms with Gasteiger partial charge < -0.3 is 5.32 Å². The smallest absolute Gasteiger partial charge is 0.222 e. The maximum Gasteiger partial charge on any atom is 0.222 e. The molecule has 1 aliphatic carbocycles. The first kappa shape index (κ1) is 15.1. The molecular weight excluding hydrogens is 269 g/mol. The monoisotopic (exact) mass is 287 g/mol. The topological polar surface area (TPSA) is 54.9 Å². The van der Waals surface area contributed by atoms with E-state index in [9.17, 15) is 9.18 Å². The van der Waals surface area contributed by atoms with Crippen molar-refractivity contribution in [1.29, 1.82) is 0 Å². The minimum absolute atomic E-state index is 0.171. The Balaban J connectivity index is 2.33. The number of nitrogens with zero attached hydrogens (tertiary/aromatic N) is 2. The van der Waals surface area contributed by atoms with Crippen molar-refractivity contribution in [3.8, 4) is 0 Å². The molecule has 0 saturated heterocycles. The zero-order chi connectivity index (χ0) is 15.4. The van der Waals surface area contributed by atoms with Crippen LogP contribution in [0, 0.1) is 6.92 Å². The molecule has 0 atom stereocenters. The normalized spacial score (nSPS) is 14.9. The Hall–Kier alpha value is -2.30. The van der Waals surface area contributed by atoms with Crippen LogP contribution in [0.2, 0.25) is 0 Å². The zero-order valence-electron chi connectivity index (χ0n) is 12.4. The summed E-state index contributed by atoms with van der Waals surface area (Å²) in [6.07, 6.45) is 7.83. The number of hydrogen-bond donors (Lipinski definition) is 1. The van der Waals surface area contributed by atoms with E-state index in [0.717, 1.165) is 17.0 Å². The maximum absolute atomic E-state index is 13.5. The molecule has 1 aromatic heterocycles. The number of amides is 1. The van der Waals surface area contributed by atoms with Gasteiger partial charge in [0.15, 0.2) is 5.82 Å². The molecule has 4 nitrogen and oxygen atoms in total. The van der Waals surface area contributed by atoms with Gasteiger partial charge in [0.05, 0.1) is 17.1 Å². The summed E-state index contributed by atoms with van der Waals surface area (Å²) in [5, 5.41) is 2.67. The van der Waals surface area contributed by atoms with E-state index in [2.05, 4.69) is 15.3 Å². The number of anilines is 1. The summed E-state index contributed by atoms with van der Waals surface area (Å²) in [6, 6.07) is 0. The largest absolute Gasteiger partial charge is 0.309 e. The van der Waals surface area contributed by atoms with Crippen LogP contribution in [0.5, 0.6) is 0 Å². The second kappa shape index (κ2) is 6.43. The number of nitrogens with one attached hydrogen (secondary N) is 1. The van der Waals surface area contributed by atoms with Crippen molar-refractivity contribution in [2.24, 2.45) is 0 Å². The van der Waals surface area contributed by atoms with Gasteiger partial charge in [0, 0.05) is 6.92 Å². The third-order valence-corrected chi connectivity index (χ3v) is 3.09. The summed E-state index contributed by atoms with van der Waals surface area (Å²) in [4.78, 5) is 20.0. The van der Waals surface area contributed by atoms with E-state index >= 15 is 0 Å². The van der Waals surface area contributed by atoms with E-state index in [1.165, 1.54) is 19.1 Å². The fraction of sp³-hybridized carbons (Fsp3) is 0.312. The van der Waals surface area contributed by atoms with Gasteiger partial charge in [0.2, 0.25) is 5.91 Å². The minimum atomic E-state index is -0.272. The van der Waals surface area contributed by atoms with E-state index in [1.807, 2.05) is 6.08 Å². The Morgan fingerprint density at radius 3 is 2.81 bits per heavy atom. The lowest BCUT2D eigenvalue weighted by Gasteiger charge is -2.15. The summed E-state index contributed by atoms with van der Waals surface area (Å²) < 4.78 is 13.5. The molecule has 0 radical (unpaired) electrons. The van der Waals surface area contributed by atoms with Crippen LogP contribution in [0.25, 0.3) is 6.08 Å². The van der Waals surface area contributed by atoms with Gasteiger partial charge in [0.1, 0.15) is 5.83 Å². The molecule has 5 heteroatoms. The van der Waals surface area contributed by atoms with Crippen molar-refractivity contribution in [2.75, 3.05) is 5.32 Å². The number of hydrogen-bond acceptors (Lipinski definition) is 3. The molecule has 1 aliphatic rings. The second-order valence-corrected chi connectivity index (χ2v) is 4.92. The predicted octanol–water partition coefficient (Wildman–Crippen LogP) is 3.50. The summed E-state index contributed by atoms with van der Waals surface area (Å²) >= 11 is 0. The second-order valence-electron chi connectivity index (χ2n) is 4.92. The molecule has 1 heterocycles. The van der Waals surface area contributed by atoms with Crippen molar-refractivity contribution in [1.82, 2.24) is 9.97 Å². The number of allylic oxidation sites excluding steroid dienone is 5. The quantitative estimate of drug-likeness (QED) is 0.866. The van der Waals surface area contributed by atoms with Crippen LogP contribution in [0.1, 0.15) is 37.4 Å². The lowest BCUT2D eigenvalue weighted by molar-refractivity contribution is -0.114. The van der Waals surface area contributed by atoms with Crippen LogP contribution in [-0.2, 0) is 11.2 Å². The Morgan fingerprint density at radius 1 is 1.38 bits per heavy atom. The van der Waals surface area contributed by atoms with Crippen molar-refractivity contribution in [3.63, 3.8) is 0 Å². The molecule has 0 fully saturated rings. The van der Waals surface area contributed by atoms with Gasteiger partial charge in [-0.25, -0.2) is 14.4 Å². The SMILES string of the molecule is C/C=C\C(F)=C/C1=Cc2nc(C)c(NC(C)=O)nc2CC1. The van der Waals surface area contributed by atoms with Crippen LogP contribution in [0.3, 0.4) is 0 Å². The number of aromatic nitrogens is 2. The molecule has 2 rings (SSSR count). The number of fused-ring (bicyclic) bond motifs is 1. The fourth-order valence-corrected chi connectivity index (χ4v) is 2.16. The first-order chi connectivity index (χ1) is 9.99. The van der Waals surface area contributed by atoms with Gasteiger partial charge in [-0.15, -0.1) is 0 Å². The summed E-state index contributed by atoms with van der Waals surface area (Å²) in [6.45, 7) is 5.00. The number of aryl methyl sites for hydroxylation is 2. The summed E-state index contributed by atoms with van der Waals surface area (Å²) in [5.74, 6) is 0.0521. The first-order valence-corrected chi connectivity index (χ1v) is 6.85. The standard InChI is InChI=1S/C16H18FN3O/c1-4-5-13(17)8-12-6-7-14-15(9-12)18-10(2)16(20-14)19-11(3)21/h4-5,8-9H,6-7H2,1-3H3,(H,19,20,21)/b5-4-,13-8+. The van der Waals surface area contributed by atoms with Crippen molar-refractivity contribution in [3.05, 3.63) is 46.7 Å². The van der Waals surface area contributed by atoms with Crippen LogP contribution < -0.4 is 5.32 Å². The van der Waals surface area contributed by atoms with Crippen LogP contribution >= 0.6 is 0 Å². The molecular formula is C16H18FN3O. The van der Waals surface area contributed by atoms with E-state index < -0.39 is 0 Å². The molecule has 1 N–H and O–H groups in total. The number of carbonyl (C=O) groups is 1. The lowest BCUT2D eigenvalue weighted by atomic mass is 9.98. The Labute approximate surface area is 123 Å². The summed E-state index contributed by atoms with van der Waals surface area (Å²) in [7, 11) is 0. The highest BCUT2D eigenvalue weighted by Crippen LogP contribution is 2.25. The molecule has 0 bridgehead atoms. The molecule has 1 amide bonds. The molecule has 0 aromatic carbocycles. The number of rotatable bonds is 3. The lowest BCUT2D eigenvalue weighted by Crippen LogP contribution is -2.13. The van der Waals surface area contributed by atoms with Crippen LogP contribution in [0.15, 0.2) is 29.6 Å². The molecule has 110 valence electrons. The van der Waals surface area contributed by atoms with Gasteiger partial charge in [-0.2, -0.15) is 0 Å². The van der Waals surface area contributed by atoms with E-state index in [1.54, 1.807) is 19.9 Å². The Bertz CT molecular complexity index is 660. The Morgan fingerprint density at radius 2 is 2.14 bits per heavy atom. The van der Waals surface area contributed by atoms with Gasteiger partial charge in [0.25, 0.3) is 0 Å². The number of halogens is 1.